The van der Waals surface area contributed by atoms with Crippen LogP contribution in [-0.2, 0) is 4.74 Å². The SMILES string of the molecule is C=CC[CH][C@H]1O[C@@H](n2cnc3c(N)ncnc32)[C@H](O)[C@@H]1[SeH]. The summed E-state index contributed by atoms with van der Waals surface area (Å²) in [5.41, 5.74) is 6.83. The van der Waals surface area contributed by atoms with Crippen molar-refractivity contribution in [3.63, 3.8) is 0 Å². The molecule has 2 aromatic rings. The molecule has 1 radical (unpaired) electrons. The molecular weight excluding hydrogens is 337 g/mol. The summed E-state index contributed by atoms with van der Waals surface area (Å²) in [5, 5.41) is 10.4. The number of aromatic nitrogens is 4. The molecule has 0 bridgehead atoms. The topological polar surface area (TPSA) is 99.1 Å². The zero-order chi connectivity index (χ0) is 15.0. The molecule has 1 aliphatic heterocycles. The Balaban J connectivity index is 1.92. The Morgan fingerprint density at radius 3 is 3.05 bits per heavy atom. The number of nitrogen functional groups attached to an aromatic ring is 1. The van der Waals surface area contributed by atoms with Crippen LogP contribution < -0.4 is 5.73 Å². The summed E-state index contributed by atoms with van der Waals surface area (Å²) in [5.74, 6) is 0.310. The Bertz CT molecular complexity index is 661. The number of rotatable bonds is 4. The second kappa shape index (κ2) is 5.73. The number of hydrogen-bond acceptors (Lipinski definition) is 6. The van der Waals surface area contributed by atoms with Gasteiger partial charge in [-0.3, -0.25) is 0 Å². The van der Waals surface area contributed by atoms with Crippen molar-refractivity contribution in [2.45, 2.75) is 29.7 Å². The van der Waals surface area contributed by atoms with Gasteiger partial charge in [-0.05, 0) is 0 Å². The number of imidazole rings is 1. The molecule has 0 aliphatic carbocycles. The summed E-state index contributed by atoms with van der Waals surface area (Å²) in [7, 11) is 0. The van der Waals surface area contributed by atoms with Crippen LogP contribution >= 0.6 is 0 Å². The molecular formula is C13H16N5O2Se. The Labute approximate surface area is 130 Å². The van der Waals surface area contributed by atoms with Gasteiger partial charge in [0.2, 0.25) is 0 Å². The average Bonchev–Trinajstić information content (AvgIpc) is 3.02. The van der Waals surface area contributed by atoms with Gasteiger partial charge >= 0.3 is 129 Å². The summed E-state index contributed by atoms with van der Waals surface area (Å²) < 4.78 is 7.63. The van der Waals surface area contributed by atoms with Crippen molar-refractivity contribution in [1.29, 1.82) is 0 Å². The van der Waals surface area contributed by atoms with E-state index in [1.807, 2.05) is 6.42 Å². The van der Waals surface area contributed by atoms with E-state index in [1.54, 1.807) is 17.0 Å². The standard InChI is InChI=1S/C13H16N5O2Se/c1-2-3-4-7-10(21)9(19)13(20-7)18-6-17-8-11(14)15-5-16-12(8)18/h2,4-7,9-10,13,19,21H,1,3H2,(H2,14,15,16)/t7-,9-,10-,13-/m1/s1. The van der Waals surface area contributed by atoms with E-state index >= 15 is 0 Å². The van der Waals surface area contributed by atoms with Crippen LogP contribution in [0.15, 0.2) is 25.3 Å². The summed E-state index contributed by atoms with van der Waals surface area (Å²) in [6.45, 7) is 3.68. The summed E-state index contributed by atoms with van der Waals surface area (Å²) in [6.07, 6.45) is 6.05. The van der Waals surface area contributed by atoms with Crippen molar-refractivity contribution in [2.24, 2.45) is 0 Å². The third-order valence-electron chi connectivity index (χ3n) is 3.47. The van der Waals surface area contributed by atoms with E-state index in [1.165, 1.54) is 6.33 Å². The molecule has 3 rings (SSSR count). The second-order valence-electron chi connectivity index (χ2n) is 4.82. The van der Waals surface area contributed by atoms with Crippen molar-refractivity contribution < 1.29 is 9.84 Å². The number of allylic oxidation sites excluding steroid dienone is 1. The molecule has 2 aromatic heterocycles. The minimum atomic E-state index is -0.676. The van der Waals surface area contributed by atoms with Gasteiger partial charge in [-0.1, -0.05) is 0 Å². The van der Waals surface area contributed by atoms with Crippen LogP contribution in [0, 0.1) is 6.42 Å². The van der Waals surface area contributed by atoms with Gasteiger partial charge in [0, 0.05) is 0 Å². The summed E-state index contributed by atoms with van der Waals surface area (Å²) in [6, 6.07) is 0. The fourth-order valence-electron chi connectivity index (χ4n) is 2.40. The fraction of sp³-hybridized carbons (Fsp3) is 0.385. The molecule has 4 atom stereocenters. The first kappa shape index (κ1) is 14.5. The van der Waals surface area contributed by atoms with Gasteiger partial charge in [0.25, 0.3) is 0 Å². The van der Waals surface area contributed by atoms with Crippen LogP contribution in [0.25, 0.3) is 11.2 Å². The zero-order valence-corrected chi connectivity index (χ0v) is 13.1. The number of ether oxygens (including phenoxy) is 1. The monoisotopic (exact) mass is 354 g/mol. The van der Waals surface area contributed by atoms with E-state index in [0.29, 0.717) is 17.0 Å². The molecule has 1 fully saturated rings. The molecule has 1 saturated heterocycles. The zero-order valence-electron chi connectivity index (χ0n) is 11.2. The quantitative estimate of drug-likeness (QED) is 0.599. The van der Waals surface area contributed by atoms with Gasteiger partial charge in [0.15, 0.2) is 0 Å². The van der Waals surface area contributed by atoms with E-state index in [4.69, 9.17) is 10.5 Å². The van der Waals surface area contributed by atoms with Crippen molar-refractivity contribution in [3.05, 3.63) is 31.7 Å². The summed E-state index contributed by atoms with van der Waals surface area (Å²) in [4.78, 5) is 12.2. The molecule has 3 N–H and O–H groups in total. The number of aliphatic hydroxyl groups excluding tert-OH is 1. The van der Waals surface area contributed by atoms with Crippen LogP contribution in [0.5, 0.6) is 0 Å². The number of aliphatic hydroxyl groups is 1. The van der Waals surface area contributed by atoms with Crippen molar-refractivity contribution in [3.8, 4) is 0 Å². The molecule has 0 spiro atoms. The Kier molecular flexibility index (Phi) is 3.95. The maximum absolute atomic E-state index is 10.4. The van der Waals surface area contributed by atoms with Crippen molar-refractivity contribution in [1.82, 2.24) is 19.5 Å². The predicted octanol–water partition coefficient (Wildman–Crippen LogP) is 0.136. The predicted molar refractivity (Wildman–Crippen MR) is 79.7 cm³/mol. The van der Waals surface area contributed by atoms with Gasteiger partial charge < -0.3 is 0 Å². The molecule has 7 nitrogen and oxygen atoms in total. The van der Waals surface area contributed by atoms with Crippen LogP contribution in [0.1, 0.15) is 12.6 Å². The number of nitrogens with two attached hydrogens (primary N) is 1. The van der Waals surface area contributed by atoms with Gasteiger partial charge in [-0.2, -0.15) is 0 Å². The van der Waals surface area contributed by atoms with Crippen LogP contribution in [0.2, 0.25) is 4.82 Å². The molecule has 3 heterocycles. The fourth-order valence-corrected chi connectivity index (χ4v) is 3.11. The Morgan fingerprint density at radius 2 is 2.29 bits per heavy atom. The number of hydrogen-bond donors (Lipinski definition) is 2. The average molecular weight is 353 g/mol. The number of anilines is 1. The Hall–Kier alpha value is -1.47. The molecule has 21 heavy (non-hydrogen) atoms. The van der Waals surface area contributed by atoms with Crippen LogP contribution in [-0.4, -0.2) is 52.8 Å². The molecule has 0 unspecified atom stereocenters. The molecule has 8 heteroatoms. The number of fused-ring (bicyclic) bond motifs is 1. The third kappa shape index (κ3) is 2.44. The molecule has 0 saturated carbocycles. The van der Waals surface area contributed by atoms with Crippen molar-refractivity contribution in [2.75, 3.05) is 5.73 Å². The van der Waals surface area contributed by atoms with Gasteiger partial charge in [-0.25, -0.2) is 0 Å². The molecule has 0 amide bonds. The Morgan fingerprint density at radius 1 is 1.48 bits per heavy atom. The van der Waals surface area contributed by atoms with E-state index < -0.39 is 12.3 Å². The van der Waals surface area contributed by atoms with Crippen molar-refractivity contribution >= 4 is 33.0 Å². The van der Waals surface area contributed by atoms with E-state index in [0.717, 1.165) is 6.42 Å². The van der Waals surface area contributed by atoms with E-state index in [9.17, 15) is 5.11 Å². The molecule has 1 aliphatic rings. The first-order valence-electron chi connectivity index (χ1n) is 6.52. The first-order chi connectivity index (χ1) is 10.1. The van der Waals surface area contributed by atoms with Crippen LogP contribution in [0.3, 0.4) is 0 Å². The van der Waals surface area contributed by atoms with E-state index in [2.05, 4.69) is 37.5 Å². The molecule has 111 valence electrons. The van der Waals surface area contributed by atoms with Gasteiger partial charge in [0.1, 0.15) is 0 Å². The second-order valence-corrected chi connectivity index (χ2v) is 6.07. The van der Waals surface area contributed by atoms with Gasteiger partial charge in [-0.15, -0.1) is 0 Å². The normalized spacial score (nSPS) is 29.0. The van der Waals surface area contributed by atoms with Crippen LogP contribution in [0.4, 0.5) is 5.82 Å². The first-order valence-corrected chi connectivity index (χ1v) is 7.60. The number of nitrogens with zero attached hydrogens (tertiary/aromatic N) is 4. The summed E-state index contributed by atoms with van der Waals surface area (Å²) >= 11 is 2.46. The molecule has 0 aromatic carbocycles. The van der Waals surface area contributed by atoms with E-state index in [-0.39, 0.29) is 10.9 Å². The third-order valence-corrected chi connectivity index (χ3v) is 4.73. The van der Waals surface area contributed by atoms with Gasteiger partial charge in [0.05, 0.1) is 0 Å². The minimum absolute atomic E-state index is 0.0842. The maximum atomic E-state index is 10.4.